The van der Waals surface area contributed by atoms with E-state index in [4.69, 9.17) is 5.11 Å². The van der Waals surface area contributed by atoms with Crippen LogP contribution >= 0.6 is 0 Å². The lowest BCUT2D eigenvalue weighted by Gasteiger charge is -2.06. The van der Waals surface area contributed by atoms with E-state index >= 15 is 0 Å². The van der Waals surface area contributed by atoms with Crippen molar-refractivity contribution in [3.8, 4) is 0 Å². The Hall–Kier alpha value is -1.02. The van der Waals surface area contributed by atoms with Gasteiger partial charge in [0.2, 0.25) is 0 Å². The number of hydrogen-bond acceptors (Lipinski definition) is 2. The van der Waals surface area contributed by atoms with Gasteiger partial charge in [0.25, 0.3) is 0 Å². The number of rotatable bonds is 8. The summed E-state index contributed by atoms with van der Waals surface area (Å²) in [4.78, 5) is 0. The monoisotopic (exact) mass is 221 g/mol. The molecule has 1 aromatic rings. The Kier molecular flexibility index (Phi) is 6.66. The highest BCUT2D eigenvalue weighted by Gasteiger charge is 1.94. The summed E-state index contributed by atoms with van der Waals surface area (Å²) < 4.78 is 0. The summed E-state index contributed by atoms with van der Waals surface area (Å²) in [6, 6.07) is 8.68. The van der Waals surface area contributed by atoms with Crippen LogP contribution in [0.5, 0.6) is 0 Å². The summed E-state index contributed by atoms with van der Waals surface area (Å²) in [6.07, 6.45) is 5.60. The third-order valence-corrected chi connectivity index (χ3v) is 2.69. The van der Waals surface area contributed by atoms with E-state index in [0.29, 0.717) is 0 Å². The van der Waals surface area contributed by atoms with Crippen LogP contribution < -0.4 is 5.32 Å². The molecule has 0 unspecified atom stereocenters. The molecule has 90 valence electrons. The summed E-state index contributed by atoms with van der Waals surface area (Å²) >= 11 is 0. The maximum absolute atomic E-state index is 8.65. The highest BCUT2D eigenvalue weighted by molar-refractivity contribution is 5.44. The van der Waals surface area contributed by atoms with Crippen LogP contribution in [0.15, 0.2) is 24.3 Å². The molecule has 2 heteroatoms. The molecule has 1 rings (SSSR count). The van der Waals surface area contributed by atoms with Gasteiger partial charge in [-0.05, 0) is 43.4 Å². The van der Waals surface area contributed by atoms with Gasteiger partial charge in [-0.15, -0.1) is 0 Å². The number of hydrogen-bond donors (Lipinski definition) is 2. The first-order chi connectivity index (χ1) is 7.86. The predicted molar refractivity (Wildman–Crippen MR) is 69.9 cm³/mol. The molecule has 0 aromatic heterocycles. The molecule has 16 heavy (non-hydrogen) atoms. The molecule has 0 spiro atoms. The van der Waals surface area contributed by atoms with Crippen molar-refractivity contribution in [3.63, 3.8) is 0 Å². The third kappa shape index (κ3) is 5.17. The van der Waals surface area contributed by atoms with Crippen molar-refractivity contribution < 1.29 is 5.11 Å². The second kappa shape index (κ2) is 8.17. The van der Waals surface area contributed by atoms with Crippen molar-refractivity contribution in [2.24, 2.45) is 0 Å². The van der Waals surface area contributed by atoms with Gasteiger partial charge in [-0.3, -0.25) is 0 Å². The van der Waals surface area contributed by atoms with Crippen LogP contribution in [0, 0.1) is 0 Å². The normalized spacial score (nSPS) is 10.4. The quantitative estimate of drug-likeness (QED) is 0.661. The van der Waals surface area contributed by atoms with Crippen molar-refractivity contribution in [3.05, 3.63) is 29.8 Å². The van der Waals surface area contributed by atoms with Gasteiger partial charge in [-0.1, -0.05) is 25.5 Å². The molecule has 0 saturated carbocycles. The van der Waals surface area contributed by atoms with Crippen LogP contribution in [-0.4, -0.2) is 18.3 Å². The fourth-order valence-electron chi connectivity index (χ4n) is 1.64. The van der Waals surface area contributed by atoms with Crippen LogP contribution in [-0.2, 0) is 6.42 Å². The Morgan fingerprint density at radius 1 is 1.06 bits per heavy atom. The molecule has 0 aliphatic carbocycles. The molecule has 0 saturated heterocycles. The van der Waals surface area contributed by atoms with E-state index in [1.54, 1.807) is 0 Å². The van der Waals surface area contributed by atoms with Crippen molar-refractivity contribution in [2.75, 3.05) is 18.5 Å². The van der Waals surface area contributed by atoms with Crippen molar-refractivity contribution >= 4 is 5.69 Å². The van der Waals surface area contributed by atoms with Gasteiger partial charge >= 0.3 is 0 Å². The fraction of sp³-hybridized carbons (Fsp3) is 0.571. The molecule has 0 aliphatic rings. The van der Waals surface area contributed by atoms with E-state index in [2.05, 4.69) is 36.5 Å². The summed E-state index contributed by atoms with van der Waals surface area (Å²) in [6.45, 7) is 3.45. The first-order valence-corrected chi connectivity index (χ1v) is 6.30. The molecule has 0 atom stereocenters. The van der Waals surface area contributed by atoms with Crippen LogP contribution in [0.3, 0.4) is 0 Å². The number of aliphatic hydroxyl groups excluding tert-OH is 1. The molecule has 0 amide bonds. The molecule has 1 aromatic carbocycles. The molecule has 0 radical (unpaired) electrons. The van der Waals surface area contributed by atoms with Crippen molar-refractivity contribution in [1.82, 2.24) is 0 Å². The van der Waals surface area contributed by atoms with Gasteiger partial charge in [0, 0.05) is 18.8 Å². The summed E-state index contributed by atoms with van der Waals surface area (Å²) in [5.41, 5.74) is 2.60. The largest absolute Gasteiger partial charge is 0.396 e. The van der Waals surface area contributed by atoms with E-state index < -0.39 is 0 Å². The van der Waals surface area contributed by atoms with Gasteiger partial charge in [-0.2, -0.15) is 0 Å². The minimum atomic E-state index is 0.289. The zero-order valence-corrected chi connectivity index (χ0v) is 10.2. The average Bonchev–Trinajstić information content (AvgIpc) is 2.33. The number of aryl methyl sites for hydroxylation is 1. The predicted octanol–water partition coefficient (Wildman–Crippen LogP) is 3.21. The first-order valence-electron chi connectivity index (χ1n) is 6.30. The van der Waals surface area contributed by atoms with Crippen LogP contribution in [0.4, 0.5) is 5.69 Å². The van der Waals surface area contributed by atoms with Crippen LogP contribution in [0.2, 0.25) is 0 Å². The van der Waals surface area contributed by atoms with Gasteiger partial charge in [-0.25, -0.2) is 0 Å². The molecule has 0 heterocycles. The van der Waals surface area contributed by atoms with Crippen molar-refractivity contribution in [2.45, 2.75) is 39.0 Å². The summed E-state index contributed by atoms with van der Waals surface area (Å²) in [7, 11) is 0. The zero-order chi connectivity index (χ0) is 11.6. The lowest BCUT2D eigenvalue weighted by atomic mass is 10.1. The van der Waals surface area contributed by atoms with Gasteiger partial charge in [0.15, 0.2) is 0 Å². The maximum Gasteiger partial charge on any atom is 0.0431 e. The van der Waals surface area contributed by atoms with Crippen molar-refractivity contribution in [1.29, 1.82) is 0 Å². The van der Waals surface area contributed by atoms with E-state index in [0.717, 1.165) is 19.4 Å². The van der Waals surface area contributed by atoms with Gasteiger partial charge < -0.3 is 10.4 Å². The Morgan fingerprint density at radius 2 is 1.81 bits per heavy atom. The second-order valence-corrected chi connectivity index (χ2v) is 4.16. The minimum absolute atomic E-state index is 0.289. The Labute approximate surface area is 98.7 Å². The molecule has 0 bridgehead atoms. The molecule has 2 nitrogen and oxygen atoms in total. The summed E-state index contributed by atoms with van der Waals surface area (Å²) in [5, 5.41) is 12.0. The highest BCUT2D eigenvalue weighted by atomic mass is 16.2. The molecular weight excluding hydrogens is 198 g/mol. The van der Waals surface area contributed by atoms with E-state index in [9.17, 15) is 0 Å². The number of anilines is 1. The third-order valence-electron chi connectivity index (χ3n) is 2.69. The smallest absolute Gasteiger partial charge is 0.0431 e. The van der Waals surface area contributed by atoms with E-state index in [1.807, 2.05) is 0 Å². The van der Waals surface area contributed by atoms with Crippen LogP contribution in [0.25, 0.3) is 0 Å². The SMILES string of the molecule is CCCCc1ccc(NCCCCO)cc1. The fourth-order valence-corrected chi connectivity index (χ4v) is 1.64. The topological polar surface area (TPSA) is 32.3 Å². The first kappa shape index (κ1) is 13.0. The van der Waals surface area contributed by atoms with Crippen LogP contribution in [0.1, 0.15) is 38.2 Å². The molecule has 2 N–H and O–H groups in total. The number of aliphatic hydroxyl groups is 1. The molecular formula is C14H23NO. The Bertz CT molecular complexity index is 269. The Morgan fingerprint density at radius 3 is 2.44 bits per heavy atom. The van der Waals surface area contributed by atoms with Gasteiger partial charge in [0.05, 0.1) is 0 Å². The summed E-state index contributed by atoms with van der Waals surface area (Å²) in [5.74, 6) is 0. The Balaban J connectivity index is 2.27. The number of benzene rings is 1. The molecule has 0 aliphatic heterocycles. The second-order valence-electron chi connectivity index (χ2n) is 4.16. The van der Waals surface area contributed by atoms with Gasteiger partial charge in [0.1, 0.15) is 0 Å². The molecule has 0 fully saturated rings. The van der Waals surface area contributed by atoms with E-state index in [-0.39, 0.29) is 6.61 Å². The minimum Gasteiger partial charge on any atom is -0.396 e. The zero-order valence-electron chi connectivity index (χ0n) is 10.2. The standard InChI is InChI=1S/C14H23NO/c1-2-3-6-13-7-9-14(10-8-13)15-11-4-5-12-16/h7-10,15-16H,2-6,11-12H2,1H3. The lowest BCUT2D eigenvalue weighted by molar-refractivity contribution is 0.286. The number of nitrogens with one attached hydrogen (secondary N) is 1. The van der Waals surface area contributed by atoms with E-state index in [1.165, 1.54) is 30.5 Å². The highest BCUT2D eigenvalue weighted by Crippen LogP contribution is 2.11. The maximum atomic E-state index is 8.65. The number of unbranched alkanes of at least 4 members (excludes halogenated alkanes) is 2. The lowest BCUT2D eigenvalue weighted by Crippen LogP contribution is -2.02. The average molecular weight is 221 g/mol.